The van der Waals surface area contributed by atoms with Gasteiger partial charge in [-0.3, -0.25) is 9.48 Å². The van der Waals surface area contributed by atoms with Gasteiger partial charge in [-0.25, -0.2) is 4.98 Å². The first-order valence-corrected chi connectivity index (χ1v) is 7.41. The third kappa shape index (κ3) is 3.63. The highest BCUT2D eigenvalue weighted by molar-refractivity contribution is 5.98. The van der Waals surface area contributed by atoms with Crippen molar-refractivity contribution in [2.45, 2.75) is 39.8 Å². The van der Waals surface area contributed by atoms with Crippen LogP contribution in [0.1, 0.15) is 48.4 Å². The summed E-state index contributed by atoms with van der Waals surface area (Å²) in [5.74, 6) is 0.456. The summed E-state index contributed by atoms with van der Waals surface area (Å²) in [7, 11) is 1.87. The number of amides is 1. The van der Waals surface area contributed by atoms with Crippen LogP contribution in [-0.2, 0) is 7.05 Å². The van der Waals surface area contributed by atoms with E-state index in [0.717, 1.165) is 11.3 Å². The van der Waals surface area contributed by atoms with Crippen molar-refractivity contribution in [3.05, 3.63) is 41.3 Å². The van der Waals surface area contributed by atoms with Crippen LogP contribution in [0.4, 0.5) is 5.82 Å². The molecule has 0 saturated carbocycles. The summed E-state index contributed by atoms with van der Waals surface area (Å²) in [6.07, 6.45) is 3.60. The first kappa shape index (κ1) is 16.0. The monoisotopic (exact) mass is 301 g/mol. The molecule has 0 aliphatic rings. The fraction of sp³-hybridized carbons (Fsp3) is 0.438. The Bertz CT molecular complexity index is 662. The van der Waals surface area contributed by atoms with Gasteiger partial charge in [-0.15, -0.1) is 0 Å². The van der Waals surface area contributed by atoms with E-state index in [4.69, 9.17) is 0 Å². The Morgan fingerprint density at radius 1 is 1.32 bits per heavy atom. The van der Waals surface area contributed by atoms with Gasteiger partial charge in [0.15, 0.2) is 0 Å². The number of hydrogen-bond donors (Lipinski definition) is 2. The number of pyridine rings is 1. The van der Waals surface area contributed by atoms with Crippen LogP contribution in [0.3, 0.4) is 0 Å². The second-order valence-corrected chi connectivity index (χ2v) is 5.74. The number of rotatable bonds is 5. The predicted molar refractivity (Wildman–Crippen MR) is 86.8 cm³/mol. The molecule has 0 fully saturated rings. The highest BCUT2D eigenvalue weighted by Crippen LogP contribution is 2.18. The molecule has 0 aromatic carbocycles. The SMILES string of the molecule is Cc1nn(C)cc1[C@H](C)NC(=O)c1cccnc1NC(C)C. The molecule has 2 rings (SSSR count). The smallest absolute Gasteiger partial charge is 0.255 e. The quantitative estimate of drug-likeness (QED) is 0.889. The number of carbonyl (C=O) groups is 1. The summed E-state index contributed by atoms with van der Waals surface area (Å²) in [6, 6.07) is 3.63. The molecule has 2 aromatic heterocycles. The molecule has 0 bridgehead atoms. The summed E-state index contributed by atoms with van der Waals surface area (Å²) in [4.78, 5) is 16.8. The van der Waals surface area contributed by atoms with Gasteiger partial charge in [0.25, 0.3) is 5.91 Å². The number of aryl methyl sites for hydroxylation is 2. The van der Waals surface area contributed by atoms with Gasteiger partial charge in [-0.05, 0) is 39.8 Å². The molecule has 2 N–H and O–H groups in total. The van der Waals surface area contributed by atoms with Gasteiger partial charge < -0.3 is 10.6 Å². The summed E-state index contributed by atoms with van der Waals surface area (Å²) < 4.78 is 1.75. The second-order valence-electron chi connectivity index (χ2n) is 5.74. The van der Waals surface area contributed by atoms with Gasteiger partial charge in [0.2, 0.25) is 0 Å². The molecule has 1 amide bonds. The van der Waals surface area contributed by atoms with Crippen molar-refractivity contribution < 1.29 is 4.79 Å². The van der Waals surface area contributed by atoms with Crippen molar-refractivity contribution in [2.24, 2.45) is 7.05 Å². The Morgan fingerprint density at radius 3 is 2.64 bits per heavy atom. The van der Waals surface area contributed by atoms with Crippen LogP contribution in [0.15, 0.2) is 24.5 Å². The number of carbonyl (C=O) groups excluding carboxylic acids is 1. The van der Waals surface area contributed by atoms with E-state index in [1.54, 1.807) is 23.0 Å². The lowest BCUT2D eigenvalue weighted by atomic mass is 10.1. The van der Waals surface area contributed by atoms with Crippen LogP contribution < -0.4 is 10.6 Å². The van der Waals surface area contributed by atoms with Crippen LogP contribution >= 0.6 is 0 Å². The molecule has 22 heavy (non-hydrogen) atoms. The van der Waals surface area contributed by atoms with Crippen molar-refractivity contribution in [2.75, 3.05) is 5.32 Å². The normalized spacial score (nSPS) is 12.3. The Balaban J connectivity index is 2.17. The highest BCUT2D eigenvalue weighted by atomic mass is 16.1. The first-order valence-electron chi connectivity index (χ1n) is 7.41. The maximum Gasteiger partial charge on any atom is 0.255 e. The molecular formula is C16H23N5O. The van der Waals surface area contributed by atoms with E-state index >= 15 is 0 Å². The third-order valence-electron chi connectivity index (χ3n) is 3.34. The minimum Gasteiger partial charge on any atom is -0.367 e. The average molecular weight is 301 g/mol. The lowest BCUT2D eigenvalue weighted by molar-refractivity contribution is 0.0940. The number of nitrogens with one attached hydrogen (secondary N) is 2. The van der Waals surface area contributed by atoms with Gasteiger partial charge in [0.05, 0.1) is 17.3 Å². The maximum atomic E-state index is 12.5. The molecule has 118 valence electrons. The summed E-state index contributed by atoms with van der Waals surface area (Å²) in [6.45, 7) is 7.91. The summed E-state index contributed by atoms with van der Waals surface area (Å²) >= 11 is 0. The second kappa shape index (κ2) is 6.60. The molecule has 0 aliphatic carbocycles. The molecule has 6 nitrogen and oxygen atoms in total. The molecule has 0 spiro atoms. The zero-order valence-electron chi connectivity index (χ0n) is 13.7. The molecule has 6 heteroatoms. The molecule has 2 aromatic rings. The van der Waals surface area contributed by atoms with E-state index in [9.17, 15) is 4.79 Å². The van der Waals surface area contributed by atoms with E-state index < -0.39 is 0 Å². The van der Waals surface area contributed by atoms with E-state index in [1.165, 1.54) is 0 Å². The van der Waals surface area contributed by atoms with Gasteiger partial charge in [0.1, 0.15) is 5.82 Å². The molecule has 0 radical (unpaired) electrons. The highest BCUT2D eigenvalue weighted by Gasteiger charge is 2.18. The Labute approximate surface area is 130 Å². The van der Waals surface area contributed by atoms with Crippen molar-refractivity contribution in [1.29, 1.82) is 0 Å². The van der Waals surface area contributed by atoms with Crippen molar-refractivity contribution in [1.82, 2.24) is 20.1 Å². The Hall–Kier alpha value is -2.37. The predicted octanol–water partition coefficient (Wildman–Crippen LogP) is 2.43. The standard InChI is InChI=1S/C16H23N5O/c1-10(2)18-15-13(7-6-8-17-15)16(22)19-11(3)14-9-21(5)20-12(14)4/h6-11H,1-5H3,(H,17,18)(H,19,22)/t11-/m0/s1. The number of nitrogens with zero attached hydrogens (tertiary/aromatic N) is 3. The van der Waals surface area contributed by atoms with E-state index in [-0.39, 0.29) is 18.0 Å². The van der Waals surface area contributed by atoms with E-state index in [2.05, 4.69) is 20.7 Å². The topological polar surface area (TPSA) is 71.8 Å². The number of hydrogen-bond acceptors (Lipinski definition) is 4. The van der Waals surface area contributed by atoms with Crippen molar-refractivity contribution in [3.8, 4) is 0 Å². The van der Waals surface area contributed by atoms with Crippen LogP contribution in [0.5, 0.6) is 0 Å². The molecule has 2 heterocycles. The summed E-state index contributed by atoms with van der Waals surface area (Å²) in [5, 5.41) is 10.5. The fourth-order valence-corrected chi connectivity index (χ4v) is 2.37. The lowest BCUT2D eigenvalue weighted by Crippen LogP contribution is -2.28. The minimum absolute atomic E-state index is 0.117. The zero-order valence-corrected chi connectivity index (χ0v) is 13.7. The van der Waals surface area contributed by atoms with Crippen molar-refractivity contribution in [3.63, 3.8) is 0 Å². The fourth-order valence-electron chi connectivity index (χ4n) is 2.37. The van der Waals surface area contributed by atoms with Crippen LogP contribution in [-0.4, -0.2) is 26.7 Å². The lowest BCUT2D eigenvalue weighted by Gasteiger charge is -2.16. The van der Waals surface area contributed by atoms with Gasteiger partial charge in [0, 0.05) is 31.0 Å². The van der Waals surface area contributed by atoms with Crippen LogP contribution in [0, 0.1) is 6.92 Å². The number of anilines is 1. The Kier molecular flexibility index (Phi) is 4.80. The maximum absolute atomic E-state index is 12.5. The first-order chi connectivity index (χ1) is 10.4. The number of aromatic nitrogens is 3. The minimum atomic E-state index is -0.146. The van der Waals surface area contributed by atoms with E-state index in [0.29, 0.717) is 11.4 Å². The molecule has 0 saturated heterocycles. The zero-order chi connectivity index (χ0) is 16.3. The van der Waals surface area contributed by atoms with Crippen molar-refractivity contribution >= 4 is 11.7 Å². The van der Waals surface area contributed by atoms with Gasteiger partial charge in [-0.2, -0.15) is 5.10 Å². The molecule has 0 unspecified atom stereocenters. The third-order valence-corrected chi connectivity index (χ3v) is 3.34. The largest absolute Gasteiger partial charge is 0.367 e. The Morgan fingerprint density at radius 2 is 2.05 bits per heavy atom. The molecule has 0 aliphatic heterocycles. The molecular weight excluding hydrogens is 278 g/mol. The van der Waals surface area contributed by atoms with Gasteiger partial charge >= 0.3 is 0 Å². The van der Waals surface area contributed by atoms with E-state index in [1.807, 2.05) is 40.9 Å². The molecule has 1 atom stereocenters. The van der Waals surface area contributed by atoms with Crippen LogP contribution in [0.25, 0.3) is 0 Å². The van der Waals surface area contributed by atoms with Gasteiger partial charge in [-0.1, -0.05) is 0 Å². The average Bonchev–Trinajstić information content (AvgIpc) is 2.77. The van der Waals surface area contributed by atoms with Crippen LogP contribution in [0.2, 0.25) is 0 Å². The summed E-state index contributed by atoms with van der Waals surface area (Å²) in [5.41, 5.74) is 2.48.